The van der Waals surface area contributed by atoms with Crippen molar-refractivity contribution in [2.45, 2.75) is 13.0 Å². The Hall–Kier alpha value is -2.60. The van der Waals surface area contributed by atoms with Crippen LogP contribution in [0.3, 0.4) is 0 Å². The number of hydrogen-bond donors (Lipinski definition) is 0. The summed E-state index contributed by atoms with van der Waals surface area (Å²) in [4.78, 5) is 24.2. The quantitative estimate of drug-likeness (QED) is 0.592. The second kappa shape index (κ2) is 7.79. The molecule has 0 fully saturated rings. The first kappa shape index (κ1) is 17.7. The zero-order valence-corrected chi connectivity index (χ0v) is 14.1. The molecule has 0 radical (unpaired) electrons. The number of nitro groups is 1. The van der Waals surface area contributed by atoms with Gasteiger partial charge in [0, 0.05) is 30.7 Å². The number of non-ortho nitro benzene ring substituents is 1. The smallest absolute Gasteiger partial charge is 0.269 e. The van der Waals surface area contributed by atoms with Gasteiger partial charge in [-0.05, 0) is 29.3 Å². The minimum Gasteiger partial charge on any atom is -0.497 e. The van der Waals surface area contributed by atoms with Crippen molar-refractivity contribution in [1.82, 2.24) is 4.90 Å². The van der Waals surface area contributed by atoms with E-state index in [1.165, 1.54) is 23.1 Å². The van der Waals surface area contributed by atoms with Crippen LogP contribution in [0.25, 0.3) is 0 Å². The van der Waals surface area contributed by atoms with Crippen LogP contribution in [0.15, 0.2) is 42.5 Å². The van der Waals surface area contributed by atoms with E-state index in [9.17, 15) is 14.9 Å². The van der Waals surface area contributed by atoms with Crippen LogP contribution in [0.4, 0.5) is 5.69 Å². The molecule has 0 heterocycles. The number of halogens is 1. The van der Waals surface area contributed by atoms with Gasteiger partial charge >= 0.3 is 0 Å². The number of nitrogens with zero attached hydrogens (tertiary/aromatic N) is 2. The second-order valence-electron chi connectivity index (χ2n) is 5.31. The van der Waals surface area contributed by atoms with Crippen molar-refractivity contribution >= 4 is 23.2 Å². The molecule has 0 saturated heterocycles. The molecule has 0 aliphatic heterocycles. The van der Waals surface area contributed by atoms with Gasteiger partial charge in [0.05, 0.1) is 18.5 Å². The number of carbonyl (C=O) groups excluding carboxylic acids is 1. The molecule has 24 heavy (non-hydrogen) atoms. The maximum atomic E-state index is 12.4. The Morgan fingerprint density at radius 2 is 2.04 bits per heavy atom. The van der Waals surface area contributed by atoms with Gasteiger partial charge in [-0.25, -0.2) is 0 Å². The normalized spacial score (nSPS) is 10.3. The summed E-state index contributed by atoms with van der Waals surface area (Å²) in [5, 5.41) is 11.2. The van der Waals surface area contributed by atoms with E-state index in [4.69, 9.17) is 16.3 Å². The summed E-state index contributed by atoms with van der Waals surface area (Å²) < 4.78 is 5.14. The summed E-state index contributed by atoms with van der Waals surface area (Å²) in [7, 11) is 3.20. The molecule has 0 spiro atoms. The number of hydrogen-bond acceptors (Lipinski definition) is 4. The highest BCUT2D eigenvalue weighted by Crippen LogP contribution is 2.23. The molecule has 0 bridgehead atoms. The Labute approximate surface area is 144 Å². The highest BCUT2D eigenvalue weighted by atomic mass is 35.5. The highest BCUT2D eigenvalue weighted by molar-refractivity contribution is 6.31. The highest BCUT2D eigenvalue weighted by Gasteiger charge is 2.15. The van der Waals surface area contributed by atoms with Crippen molar-refractivity contribution in [3.63, 3.8) is 0 Å². The van der Waals surface area contributed by atoms with Gasteiger partial charge in [0.15, 0.2) is 0 Å². The molecule has 0 aliphatic carbocycles. The van der Waals surface area contributed by atoms with Crippen LogP contribution in [-0.4, -0.2) is 29.9 Å². The Bertz CT molecular complexity index is 764. The summed E-state index contributed by atoms with van der Waals surface area (Å²) in [6.45, 7) is 0.198. The van der Waals surface area contributed by atoms with E-state index in [1.54, 1.807) is 26.3 Å². The number of likely N-dealkylation sites (N-methyl/N-ethyl adjacent to an activating group) is 1. The molecule has 0 aromatic heterocycles. The first-order valence-electron chi connectivity index (χ1n) is 7.20. The Morgan fingerprint density at radius 3 is 2.71 bits per heavy atom. The van der Waals surface area contributed by atoms with E-state index < -0.39 is 4.92 Å². The number of nitro benzene ring substituents is 1. The van der Waals surface area contributed by atoms with Gasteiger partial charge in [-0.3, -0.25) is 14.9 Å². The summed E-state index contributed by atoms with van der Waals surface area (Å²) >= 11 is 6.07. The van der Waals surface area contributed by atoms with Crippen LogP contribution in [0.2, 0.25) is 5.02 Å². The molecular formula is C17H17ClN2O4. The van der Waals surface area contributed by atoms with Crippen LogP contribution in [0, 0.1) is 10.1 Å². The first-order valence-corrected chi connectivity index (χ1v) is 7.58. The van der Waals surface area contributed by atoms with Crippen LogP contribution >= 0.6 is 11.6 Å². The van der Waals surface area contributed by atoms with Crippen LogP contribution in [-0.2, 0) is 17.8 Å². The Morgan fingerprint density at radius 1 is 1.29 bits per heavy atom. The van der Waals surface area contributed by atoms with Gasteiger partial charge in [-0.1, -0.05) is 23.7 Å². The molecule has 0 unspecified atom stereocenters. The third kappa shape index (κ3) is 4.45. The van der Waals surface area contributed by atoms with Crippen molar-refractivity contribution in [1.29, 1.82) is 0 Å². The molecule has 2 rings (SSSR count). The van der Waals surface area contributed by atoms with Crippen molar-refractivity contribution in [2.24, 2.45) is 0 Å². The van der Waals surface area contributed by atoms with Crippen LogP contribution in [0.1, 0.15) is 11.1 Å². The van der Waals surface area contributed by atoms with Crippen molar-refractivity contribution in [3.8, 4) is 5.75 Å². The van der Waals surface area contributed by atoms with Gasteiger partial charge in [0.25, 0.3) is 5.69 Å². The largest absolute Gasteiger partial charge is 0.497 e. The van der Waals surface area contributed by atoms with Gasteiger partial charge in [-0.15, -0.1) is 0 Å². The molecular weight excluding hydrogens is 332 g/mol. The lowest BCUT2D eigenvalue weighted by molar-refractivity contribution is -0.384. The zero-order valence-electron chi connectivity index (χ0n) is 13.4. The minimum absolute atomic E-state index is 0.0527. The van der Waals surface area contributed by atoms with E-state index in [0.29, 0.717) is 16.3 Å². The number of rotatable bonds is 6. The summed E-state index contributed by atoms with van der Waals surface area (Å²) in [5.74, 6) is 0.565. The SMILES string of the molecule is COc1cccc(CC(=O)N(C)Cc2cc([N+](=O)[O-])ccc2Cl)c1. The average Bonchev–Trinajstić information content (AvgIpc) is 2.56. The molecule has 0 atom stereocenters. The summed E-state index contributed by atoms with van der Waals surface area (Å²) in [5.41, 5.74) is 1.31. The average molecular weight is 349 g/mol. The number of carbonyl (C=O) groups is 1. The van der Waals surface area contributed by atoms with Crippen LogP contribution < -0.4 is 4.74 Å². The number of ether oxygens (including phenoxy) is 1. The zero-order chi connectivity index (χ0) is 17.7. The lowest BCUT2D eigenvalue weighted by Crippen LogP contribution is -2.27. The first-order chi connectivity index (χ1) is 11.4. The van der Waals surface area contributed by atoms with Gasteiger partial charge in [-0.2, -0.15) is 0 Å². The fourth-order valence-electron chi connectivity index (χ4n) is 2.23. The van der Waals surface area contributed by atoms with E-state index in [1.807, 2.05) is 12.1 Å². The van der Waals surface area contributed by atoms with Crippen molar-refractivity contribution in [2.75, 3.05) is 14.2 Å². The van der Waals surface area contributed by atoms with E-state index in [2.05, 4.69) is 0 Å². The molecule has 0 N–H and O–H groups in total. The fourth-order valence-corrected chi connectivity index (χ4v) is 2.41. The second-order valence-corrected chi connectivity index (χ2v) is 5.72. The molecule has 126 valence electrons. The van der Waals surface area contributed by atoms with Gasteiger partial charge in [0.2, 0.25) is 5.91 Å². The molecule has 0 aliphatic rings. The Kier molecular flexibility index (Phi) is 5.76. The lowest BCUT2D eigenvalue weighted by Gasteiger charge is -2.18. The number of benzene rings is 2. The van der Waals surface area contributed by atoms with E-state index >= 15 is 0 Å². The molecule has 6 nitrogen and oxygen atoms in total. The standard InChI is InChI=1S/C17H17ClN2O4/c1-19(11-13-10-14(20(22)23)6-7-16(13)18)17(21)9-12-4-3-5-15(8-12)24-2/h3-8,10H,9,11H2,1-2H3. The monoisotopic (exact) mass is 348 g/mol. The van der Waals surface area contributed by atoms with Crippen LogP contribution in [0.5, 0.6) is 5.75 Å². The van der Waals surface area contributed by atoms with Gasteiger partial charge < -0.3 is 9.64 Å². The molecule has 2 aromatic carbocycles. The van der Waals surface area contributed by atoms with E-state index in [-0.39, 0.29) is 24.6 Å². The molecule has 1 amide bonds. The predicted molar refractivity (Wildman–Crippen MR) is 91.3 cm³/mol. The topological polar surface area (TPSA) is 72.7 Å². The van der Waals surface area contributed by atoms with Gasteiger partial charge in [0.1, 0.15) is 5.75 Å². The molecule has 7 heteroatoms. The van der Waals surface area contributed by atoms with Crippen molar-refractivity contribution < 1.29 is 14.5 Å². The minimum atomic E-state index is -0.488. The third-order valence-corrected chi connectivity index (χ3v) is 3.93. The Balaban J connectivity index is 2.08. The maximum absolute atomic E-state index is 12.4. The summed E-state index contributed by atoms with van der Waals surface area (Å²) in [6, 6.07) is 11.5. The van der Waals surface area contributed by atoms with E-state index in [0.717, 1.165) is 5.56 Å². The van der Waals surface area contributed by atoms with Crippen molar-refractivity contribution in [3.05, 3.63) is 68.7 Å². The predicted octanol–water partition coefficient (Wildman–Crippen LogP) is 3.46. The lowest BCUT2D eigenvalue weighted by atomic mass is 10.1. The fraction of sp³-hybridized carbons (Fsp3) is 0.235. The molecule has 2 aromatic rings. The number of methoxy groups -OCH3 is 1. The number of amides is 1. The molecule has 0 saturated carbocycles. The third-order valence-electron chi connectivity index (χ3n) is 3.56. The maximum Gasteiger partial charge on any atom is 0.269 e. The summed E-state index contributed by atoms with van der Waals surface area (Å²) in [6.07, 6.45) is 0.209.